The summed E-state index contributed by atoms with van der Waals surface area (Å²) < 4.78 is 0. The zero-order valence-electron chi connectivity index (χ0n) is 8.99. The van der Waals surface area contributed by atoms with E-state index in [1.165, 1.54) is 30.6 Å². The Morgan fingerprint density at radius 3 is 2.73 bits per heavy atom. The van der Waals surface area contributed by atoms with Crippen LogP contribution in [0.25, 0.3) is 0 Å². The molecule has 1 aliphatic carbocycles. The lowest BCUT2D eigenvalue weighted by Crippen LogP contribution is -2.31. The second-order valence-corrected chi connectivity index (χ2v) is 5.26. The number of nitrogens with two attached hydrogens (primary N) is 1. The summed E-state index contributed by atoms with van der Waals surface area (Å²) in [7, 11) is 0. The molecule has 0 radical (unpaired) electrons. The molecule has 2 rings (SSSR count). The molecule has 15 heavy (non-hydrogen) atoms. The summed E-state index contributed by atoms with van der Waals surface area (Å²) in [5.74, 6) is 6.37. The molecule has 0 spiro atoms. The van der Waals surface area contributed by atoms with Crippen molar-refractivity contribution in [1.29, 1.82) is 0 Å². The normalized spacial score (nSPS) is 18.4. The van der Waals surface area contributed by atoms with Crippen LogP contribution in [0.1, 0.15) is 35.4 Å². The van der Waals surface area contributed by atoms with Crippen molar-refractivity contribution in [3.8, 4) is 0 Å². The van der Waals surface area contributed by atoms with Crippen molar-refractivity contribution in [2.75, 3.05) is 0 Å². The van der Waals surface area contributed by atoms with Gasteiger partial charge in [-0.05, 0) is 31.9 Å². The Labute approximate surface area is 94.4 Å². The lowest BCUT2D eigenvalue weighted by atomic mass is 10.2. The Morgan fingerprint density at radius 2 is 2.20 bits per heavy atom. The quantitative estimate of drug-likeness (QED) is 0.349. The molecule has 0 aromatic carbocycles. The first-order chi connectivity index (χ1) is 7.29. The molecule has 0 saturated heterocycles. The summed E-state index contributed by atoms with van der Waals surface area (Å²) in [6.45, 7) is 2.10. The summed E-state index contributed by atoms with van der Waals surface area (Å²) in [5.41, 5.74) is 2.72. The number of rotatable bonds is 2. The maximum atomic E-state index is 5.52. The number of hydrogen-bond acceptors (Lipinski definition) is 3. The minimum atomic E-state index is 0.471. The summed E-state index contributed by atoms with van der Waals surface area (Å²) in [4.78, 5) is 7.10. The van der Waals surface area contributed by atoms with E-state index in [0.717, 1.165) is 10.7 Å². The van der Waals surface area contributed by atoms with Crippen LogP contribution in [0.4, 0.5) is 0 Å². The van der Waals surface area contributed by atoms with Gasteiger partial charge in [-0.2, -0.15) is 0 Å². The van der Waals surface area contributed by atoms with Gasteiger partial charge in [0.1, 0.15) is 0 Å². The maximum Gasteiger partial charge on any atom is 0.153 e. The highest BCUT2D eigenvalue weighted by molar-refractivity contribution is 7.14. The van der Waals surface area contributed by atoms with Crippen LogP contribution in [0.2, 0.25) is 0 Å². The van der Waals surface area contributed by atoms with E-state index in [-0.39, 0.29) is 0 Å². The maximum absolute atomic E-state index is 5.52. The molecular weight excluding hydrogens is 206 g/mol. The van der Waals surface area contributed by atoms with Crippen molar-refractivity contribution in [2.45, 2.75) is 38.6 Å². The molecule has 0 amide bonds. The van der Waals surface area contributed by atoms with Gasteiger partial charge in [-0.3, -0.25) is 4.99 Å². The monoisotopic (exact) mass is 223 g/mol. The molecule has 1 aromatic heterocycles. The lowest BCUT2D eigenvalue weighted by molar-refractivity contribution is 0.701. The molecule has 0 aliphatic heterocycles. The van der Waals surface area contributed by atoms with Crippen molar-refractivity contribution in [1.82, 2.24) is 5.43 Å². The standard InChI is InChI=1S/C11H17N3S/c1-8-6-7-10(15-8)11(14-12)13-9-4-2-3-5-9/h6-7,9H,2-5,12H2,1H3,(H,13,14). The first-order valence-electron chi connectivity index (χ1n) is 5.41. The van der Waals surface area contributed by atoms with Crippen molar-refractivity contribution in [2.24, 2.45) is 10.8 Å². The first-order valence-corrected chi connectivity index (χ1v) is 6.22. The van der Waals surface area contributed by atoms with Crippen LogP contribution in [-0.4, -0.2) is 11.9 Å². The van der Waals surface area contributed by atoms with Crippen LogP contribution in [0.3, 0.4) is 0 Å². The Morgan fingerprint density at radius 1 is 1.47 bits per heavy atom. The number of thiophene rings is 1. The van der Waals surface area contributed by atoms with E-state index in [1.807, 2.05) is 0 Å². The molecule has 3 nitrogen and oxygen atoms in total. The largest absolute Gasteiger partial charge is 0.308 e. The number of hydrogen-bond donors (Lipinski definition) is 2. The fourth-order valence-electron chi connectivity index (χ4n) is 1.95. The third-order valence-corrected chi connectivity index (χ3v) is 3.75. The summed E-state index contributed by atoms with van der Waals surface area (Å²) in [6, 6.07) is 4.65. The van der Waals surface area contributed by atoms with Gasteiger partial charge in [0.15, 0.2) is 5.84 Å². The molecule has 1 aromatic rings. The van der Waals surface area contributed by atoms with Crippen LogP contribution in [0, 0.1) is 6.92 Å². The molecule has 0 atom stereocenters. The van der Waals surface area contributed by atoms with E-state index >= 15 is 0 Å². The summed E-state index contributed by atoms with van der Waals surface area (Å²) in [5, 5.41) is 0. The molecule has 82 valence electrons. The van der Waals surface area contributed by atoms with Gasteiger partial charge >= 0.3 is 0 Å². The average molecular weight is 223 g/mol. The van der Waals surface area contributed by atoms with Crippen molar-refractivity contribution < 1.29 is 0 Å². The molecule has 1 fully saturated rings. The topological polar surface area (TPSA) is 50.4 Å². The molecule has 4 heteroatoms. The second-order valence-electron chi connectivity index (χ2n) is 3.97. The van der Waals surface area contributed by atoms with Crippen LogP contribution in [0.15, 0.2) is 17.1 Å². The van der Waals surface area contributed by atoms with Gasteiger partial charge < -0.3 is 5.43 Å². The van der Waals surface area contributed by atoms with E-state index in [2.05, 4.69) is 29.5 Å². The average Bonchev–Trinajstić information content (AvgIpc) is 2.85. The highest BCUT2D eigenvalue weighted by Crippen LogP contribution is 2.22. The van der Waals surface area contributed by atoms with Crippen molar-refractivity contribution in [3.05, 3.63) is 21.9 Å². The minimum Gasteiger partial charge on any atom is -0.308 e. The molecule has 1 heterocycles. The predicted molar refractivity (Wildman–Crippen MR) is 65.2 cm³/mol. The molecule has 1 aliphatic rings. The van der Waals surface area contributed by atoms with E-state index in [4.69, 9.17) is 5.84 Å². The van der Waals surface area contributed by atoms with Crippen molar-refractivity contribution >= 4 is 17.2 Å². The van der Waals surface area contributed by atoms with Gasteiger partial charge in [0.05, 0.1) is 10.9 Å². The van der Waals surface area contributed by atoms with E-state index < -0.39 is 0 Å². The van der Waals surface area contributed by atoms with Gasteiger partial charge in [-0.1, -0.05) is 12.8 Å². The Hall–Kier alpha value is -0.870. The van der Waals surface area contributed by atoms with Gasteiger partial charge in [0, 0.05) is 4.88 Å². The number of aliphatic imine (C=N–C) groups is 1. The lowest BCUT2D eigenvalue weighted by Gasteiger charge is -2.07. The van der Waals surface area contributed by atoms with Gasteiger partial charge in [-0.25, -0.2) is 5.84 Å². The fourth-order valence-corrected chi connectivity index (χ4v) is 2.78. The SMILES string of the molecule is Cc1ccc(C(=NC2CCCC2)NN)s1. The highest BCUT2D eigenvalue weighted by atomic mass is 32.1. The zero-order valence-corrected chi connectivity index (χ0v) is 9.81. The number of nitrogens with zero attached hydrogens (tertiary/aromatic N) is 1. The van der Waals surface area contributed by atoms with E-state index in [9.17, 15) is 0 Å². The third-order valence-electron chi connectivity index (χ3n) is 2.75. The first kappa shape index (κ1) is 10.6. The van der Waals surface area contributed by atoms with Gasteiger partial charge in [-0.15, -0.1) is 11.3 Å². The molecule has 3 N–H and O–H groups in total. The third kappa shape index (κ3) is 2.58. The zero-order chi connectivity index (χ0) is 10.7. The second kappa shape index (κ2) is 4.77. The Balaban J connectivity index is 2.15. The molecule has 1 saturated carbocycles. The van der Waals surface area contributed by atoms with E-state index in [1.54, 1.807) is 11.3 Å². The summed E-state index contributed by atoms with van der Waals surface area (Å²) in [6.07, 6.45) is 5.01. The van der Waals surface area contributed by atoms with Crippen LogP contribution in [-0.2, 0) is 0 Å². The van der Waals surface area contributed by atoms with Gasteiger partial charge in [0.2, 0.25) is 0 Å². The number of hydrazine groups is 1. The van der Waals surface area contributed by atoms with E-state index in [0.29, 0.717) is 6.04 Å². The number of aryl methyl sites for hydroxylation is 1. The number of amidine groups is 1. The smallest absolute Gasteiger partial charge is 0.153 e. The number of nitrogens with one attached hydrogen (secondary N) is 1. The van der Waals surface area contributed by atoms with Crippen molar-refractivity contribution in [3.63, 3.8) is 0 Å². The Kier molecular flexibility index (Phi) is 3.38. The molecule has 0 unspecified atom stereocenters. The Bertz CT molecular complexity index is 350. The summed E-state index contributed by atoms with van der Waals surface area (Å²) >= 11 is 1.73. The van der Waals surface area contributed by atoms with Gasteiger partial charge in [0.25, 0.3) is 0 Å². The molecular formula is C11H17N3S. The highest BCUT2D eigenvalue weighted by Gasteiger charge is 2.15. The van der Waals surface area contributed by atoms with Crippen LogP contribution in [0.5, 0.6) is 0 Å². The van der Waals surface area contributed by atoms with Crippen LogP contribution >= 0.6 is 11.3 Å². The molecule has 0 bridgehead atoms. The predicted octanol–water partition coefficient (Wildman–Crippen LogP) is 2.21. The van der Waals surface area contributed by atoms with Crippen LogP contribution < -0.4 is 11.3 Å². The fraction of sp³-hybridized carbons (Fsp3) is 0.545. The minimum absolute atomic E-state index is 0.471.